The van der Waals surface area contributed by atoms with Crippen molar-refractivity contribution in [1.82, 2.24) is 10.2 Å². The van der Waals surface area contributed by atoms with Gasteiger partial charge in [0.1, 0.15) is 0 Å². The summed E-state index contributed by atoms with van der Waals surface area (Å²) in [5.41, 5.74) is 4.19. The number of hydrogen-bond donors (Lipinski definition) is 1. The van der Waals surface area contributed by atoms with E-state index in [0.29, 0.717) is 6.04 Å². The Labute approximate surface area is 127 Å². The quantitative estimate of drug-likeness (QED) is 0.925. The van der Waals surface area contributed by atoms with Crippen LogP contribution in [0, 0.1) is 0 Å². The van der Waals surface area contributed by atoms with Crippen LogP contribution < -0.4 is 5.32 Å². The molecule has 21 heavy (non-hydrogen) atoms. The second kappa shape index (κ2) is 6.88. The molecule has 1 heterocycles. The zero-order valence-corrected chi connectivity index (χ0v) is 12.8. The van der Waals surface area contributed by atoms with E-state index in [1.807, 2.05) is 0 Å². The molecule has 1 N–H and O–H groups in total. The van der Waals surface area contributed by atoms with E-state index in [1.54, 1.807) is 0 Å². The van der Waals surface area contributed by atoms with Crippen LogP contribution in [0.3, 0.4) is 0 Å². The first kappa shape index (κ1) is 14.3. The molecule has 2 aromatic rings. The van der Waals surface area contributed by atoms with E-state index in [4.69, 9.17) is 0 Å². The summed E-state index contributed by atoms with van der Waals surface area (Å²) < 4.78 is 0. The molecule has 2 nitrogen and oxygen atoms in total. The fourth-order valence-corrected chi connectivity index (χ4v) is 3.03. The molecule has 0 spiro atoms. The first-order valence-corrected chi connectivity index (χ1v) is 7.90. The minimum absolute atomic E-state index is 0.512. The minimum atomic E-state index is 0.512. The van der Waals surface area contributed by atoms with Crippen molar-refractivity contribution in [3.05, 3.63) is 71.3 Å². The number of nitrogens with zero attached hydrogens (tertiary/aromatic N) is 1. The van der Waals surface area contributed by atoms with Crippen molar-refractivity contribution in [2.45, 2.75) is 19.4 Å². The van der Waals surface area contributed by atoms with Gasteiger partial charge in [0, 0.05) is 32.2 Å². The Bertz CT molecular complexity index is 542. The van der Waals surface area contributed by atoms with Crippen LogP contribution in [0.4, 0.5) is 0 Å². The van der Waals surface area contributed by atoms with Crippen molar-refractivity contribution in [3.8, 4) is 0 Å². The zero-order chi connectivity index (χ0) is 14.5. The molecule has 110 valence electrons. The summed E-state index contributed by atoms with van der Waals surface area (Å²) in [7, 11) is 0. The third-order valence-corrected chi connectivity index (χ3v) is 4.41. The first-order valence-electron chi connectivity index (χ1n) is 7.90. The number of hydrogen-bond acceptors (Lipinski definition) is 2. The van der Waals surface area contributed by atoms with E-state index in [1.165, 1.54) is 16.7 Å². The van der Waals surface area contributed by atoms with Gasteiger partial charge in [-0.2, -0.15) is 0 Å². The highest BCUT2D eigenvalue weighted by atomic mass is 15.2. The van der Waals surface area contributed by atoms with Crippen molar-refractivity contribution in [1.29, 1.82) is 0 Å². The molecule has 3 rings (SSSR count). The Morgan fingerprint density at radius 1 is 0.905 bits per heavy atom. The third kappa shape index (κ3) is 3.72. The SMILES string of the molecule is CC(c1ccc(Cc2ccccc2)cc1)N1CCNCC1. The van der Waals surface area contributed by atoms with E-state index in [9.17, 15) is 0 Å². The Hall–Kier alpha value is -1.64. The van der Waals surface area contributed by atoms with Gasteiger partial charge in [0.2, 0.25) is 0 Å². The van der Waals surface area contributed by atoms with Crippen LogP contribution in [0.1, 0.15) is 29.7 Å². The molecule has 0 bridgehead atoms. The lowest BCUT2D eigenvalue weighted by Gasteiger charge is -2.33. The molecular formula is C19H24N2. The fraction of sp³-hybridized carbons (Fsp3) is 0.368. The average Bonchev–Trinajstić information content (AvgIpc) is 2.57. The number of benzene rings is 2. The van der Waals surface area contributed by atoms with Crippen LogP contribution in [0.2, 0.25) is 0 Å². The average molecular weight is 280 g/mol. The molecule has 0 saturated carbocycles. The smallest absolute Gasteiger partial charge is 0.0320 e. The van der Waals surface area contributed by atoms with Gasteiger partial charge in [0.15, 0.2) is 0 Å². The Morgan fingerprint density at radius 2 is 1.52 bits per heavy atom. The maximum Gasteiger partial charge on any atom is 0.0320 e. The summed E-state index contributed by atoms with van der Waals surface area (Å²) in [6, 6.07) is 20.3. The maximum atomic E-state index is 3.42. The number of nitrogens with one attached hydrogen (secondary N) is 1. The molecule has 0 amide bonds. The molecule has 0 radical (unpaired) electrons. The predicted octanol–water partition coefficient (Wildman–Crippen LogP) is 3.24. The van der Waals surface area contributed by atoms with Gasteiger partial charge in [-0.3, -0.25) is 4.90 Å². The fourth-order valence-electron chi connectivity index (χ4n) is 3.03. The molecule has 1 unspecified atom stereocenters. The maximum absolute atomic E-state index is 3.42. The summed E-state index contributed by atoms with van der Waals surface area (Å²) in [4.78, 5) is 2.56. The molecule has 2 aromatic carbocycles. The predicted molar refractivity (Wildman–Crippen MR) is 88.5 cm³/mol. The van der Waals surface area contributed by atoms with Gasteiger partial charge < -0.3 is 5.32 Å². The van der Waals surface area contributed by atoms with Gasteiger partial charge in [-0.25, -0.2) is 0 Å². The highest BCUT2D eigenvalue weighted by molar-refractivity contribution is 5.29. The molecule has 1 aliphatic rings. The lowest BCUT2D eigenvalue weighted by atomic mass is 10.0. The molecule has 1 saturated heterocycles. The van der Waals surface area contributed by atoms with Gasteiger partial charge >= 0.3 is 0 Å². The highest BCUT2D eigenvalue weighted by Gasteiger charge is 2.17. The summed E-state index contributed by atoms with van der Waals surface area (Å²) in [5, 5.41) is 3.42. The largest absolute Gasteiger partial charge is 0.314 e. The van der Waals surface area contributed by atoms with Crippen LogP contribution in [-0.4, -0.2) is 31.1 Å². The lowest BCUT2D eigenvalue weighted by Crippen LogP contribution is -2.44. The van der Waals surface area contributed by atoms with Gasteiger partial charge in [-0.15, -0.1) is 0 Å². The van der Waals surface area contributed by atoms with Crippen molar-refractivity contribution >= 4 is 0 Å². The van der Waals surface area contributed by atoms with Gasteiger partial charge in [0.05, 0.1) is 0 Å². The van der Waals surface area contributed by atoms with E-state index < -0.39 is 0 Å². The Balaban J connectivity index is 1.66. The summed E-state index contributed by atoms with van der Waals surface area (Å²) >= 11 is 0. The summed E-state index contributed by atoms with van der Waals surface area (Å²) in [6.45, 7) is 6.82. The lowest BCUT2D eigenvalue weighted by molar-refractivity contribution is 0.185. The minimum Gasteiger partial charge on any atom is -0.314 e. The Morgan fingerprint density at radius 3 is 2.19 bits per heavy atom. The van der Waals surface area contributed by atoms with E-state index in [0.717, 1.165) is 32.6 Å². The molecular weight excluding hydrogens is 256 g/mol. The van der Waals surface area contributed by atoms with Crippen LogP contribution >= 0.6 is 0 Å². The number of rotatable bonds is 4. The topological polar surface area (TPSA) is 15.3 Å². The normalized spacial score (nSPS) is 17.6. The van der Waals surface area contributed by atoms with Gasteiger partial charge in [-0.05, 0) is 30.0 Å². The van der Waals surface area contributed by atoms with Crippen LogP contribution in [0.15, 0.2) is 54.6 Å². The molecule has 2 heteroatoms. The summed E-state index contributed by atoms with van der Waals surface area (Å²) in [6.07, 6.45) is 1.02. The van der Waals surface area contributed by atoms with Crippen molar-refractivity contribution in [2.75, 3.05) is 26.2 Å². The van der Waals surface area contributed by atoms with Crippen molar-refractivity contribution in [3.63, 3.8) is 0 Å². The molecule has 0 aromatic heterocycles. The first-order chi connectivity index (χ1) is 10.3. The van der Waals surface area contributed by atoms with Crippen LogP contribution in [-0.2, 0) is 6.42 Å². The van der Waals surface area contributed by atoms with E-state index in [-0.39, 0.29) is 0 Å². The third-order valence-electron chi connectivity index (χ3n) is 4.41. The van der Waals surface area contributed by atoms with Crippen molar-refractivity contribution in [2.24, 2.45) is 0 Å². The summed E-state index contributed by atoms with van der Waals surface area (Å²) in [5.74, 6) is 0. The molecule has 1 atom stereocenters. The Kier molecular flexibility index (Phi) is 4.69. The van der Waals surface area contributed by atoms with Crippen molar-refractivity contribution < 1.29 is 0 Å². The monoisotopic (exact) mass is 280 g/mol. The van der Waals surface area contributed by atoms with Gasteiger partial charge in [-0.1, -0.05) is 54.6 Å². The molecule has 1 fully saturated rings. The second-order valence-corrected chi connectivity index (χ2v) is 5.87. The molecule has 1 aliphatic heterocycles. The van der Waals surface area contributed by atoms with Crippen LogP contribution in [0.5, 0.6) is 0 Å². The number of piperazine rings is 1. The zero-order valence-electron chi connectivity index (χ0n) is 12.8. The van der Waals surface area contributed by atoms with Crippen LogP contribution in [0.25, 0.3) is 0 Å². The second-order valence-electron chi connectivity index (χ2n) is 5.87. The van der Waals surface area contributed by atoms with E-state index >= 15 is 0 Å². The molecule has 0 aliphatic carbocycles. The highest BCUT2D eigenvalue weighted by Crippen LogP contribution is 2.21. The standard InChI is InChI=1S/C19H24N2/c1-16(21-13-11-20-12-14-21)19-9-7-18(8-10-19)15-17-5-3-2-4-6-17/h2-10,16,20H,11-15H2,1H3. The van der Waals surface area contributed by atoms with E-state index in [2.05, 4.69) is 71.7 Å². The van der Waals surface area contributed by atoms with Gasteiger partial charge in [0.25, 0.3) is 0 Å².